The first kappa shape index (κ1) is 24.6. The summed E-state index contributed by atoms with van der Waals surface area (Å²) in [5.41, 5.74) is -1.14. The number of carbonyl (C=O) groups excluding carboxylic acids is 1. The summed E-state index contributed by atoms with van der Waals surface area (Å²) in [6, 6.07) is 3.68. The van der Waals surface area contributed by atoms with Crippen LogP contribution in [-0.4, -0.2) is 56.5 Å². The number of halogens is 5. The van der Waals surface area contributed by atoms with Gasteiger partial charge in [-0.05, 0) is 25.1 Å². The topological polar surface area (TPSA) is 99.8 Å². The fourth-order valence-corrected chi connectivity index (χ4v) is 3.93. The van der Waals surface area contributed by atoms with E-state index in [-0.39, 0.29) is 41.2 Å². The molecule has 2 N–H and O–H groups in total. The molecular formula is C22H19ClF4N6O2. The number of hydrogen-bond acceptors (Lipinski definition) is 6. The molecule has 0 radical (unpaired) electrons. The molecule has 0 amide bonds. The van der Waals surface area contributed by atoms with Gasteiger partial charge in [0.1, 0.15) is 5.52 Å². The molecule has 1 fully saturated rings. The van der Waals surface area contributed by atoms with Crippen LogP contribution in [-0.2, 0) is 10.9 Å². The Morgan fingerprint density at radius 3 is 2.83 bits per heavy atom. The van der Waals surface area contributed by atoms with E-state index in [1.54, 1.807) is 4.90 Å². The van der Waals surface area contributed by atoms with Crippen LogP contribution in [0.15, 0.2) is 36.8 Å². The van der Waals surface area contributed by atoms with Crippen molar-refractivity contribution >= 4 is 35.0 Å². The van der Waals surface area contributed by atoms with Crippen molar-refractivity contribution in [3.05, 3.63) is 59.4 Å². The number of anilines is 1. The Morgan fingerprint density at radius 2 is 2.09 bits per heavy atom. The van der Waals surface area contributed by atoms with E-state index >= 15 is 4.39 Å². The SMILES string of the molecule is C[C@@H]1CN(c2ncc3[nH]c(-c4cc(C(=O)c5cccnc5C(F)(F)F)c[nH]4)nc3c2F)CCO1.Cl. The normalized spacial score (nSPS) is 16.4. The van der Waals surface area contributed by atoms with Gasteiger partial charge < -0.3 is 19.6 Å². The minimum atomic E-state index is -4.77. The fraction of sp³-hybridized carbons (Fsp3) is 0.273. The molecule has 0 spiro atoms. The van der Waals surface area contributed by atoms with Crippen LogP contribution < -0.4 is 4.90 Å². The Hall–Kier alpha value is -3.51. The molecule has 8 nitrogen and oxygen atoms in total. The van der Waals surface area contributed by atoms with E-state index < -0.39 is 29.0 Å². The summed E-state index contributed by atoms with van der Waals surface area (Å²) in [6.07, 6.45) is -1.12. The first-order chi connectivity index (χ1) is 16.2. The van der Waals surface area contributed by atoms with Crippen LogP contribution in [0.4, 0.5) is 23.4 Å². The Kier molecular flexibility index (Phi) is 6.52. The van der Waals surface area contributed by atoms with Crippen molar-refractivity contribution in [2.75, 3.05) is 24.6 Å². The number of ketones is 1. The van der Waals surface area contributed by atoms with E-state index in [1.807, 2.05) is 6.92 Å². The van der Waals surface area contributed by atoms with E-state index in [4.69, 9.17) is 4.74 Å². The molecule has 4 aromatic heterocycles. The molecule has 5 rings (SSSR count). The number of hydrogen-bond donors (Lipinski definition) is 2. The van der Waals surface area contributed by atoms with Crippen LogP contribution in [0.2, 0.25) is 0 Å². The quantitative estimate of drug-likeness (QED) is 0.312. The van der Waals surface area contributed by atoms with Crippen LogP contribution in [0, 0.1) is 5.82 Å². The molecule has 1 saturated heterocycles. The number of carbonyl (C=O) groups is 1. The number of imidazole rings is 1. The number of nitrogens with zero attached hydrogens (tertiary/aromatic N) is 4. The fourth-order valence-electron chi connectivity index (χ4n) is 3.93. The summed E-state index contributed by atoms with van der Waals surface area (Å²) in [4.78, 5) is 32.1. The maximum atomic E-state index is 15.2. The highest BCUT2D eigenvalue weighted by molar-refractivity contribution is 6.10. The van der Waals surface area contributed by atoms with E-state index in [0.717, 1.165) is 12.3 Å². The van der Waals surface area contributed by atoms with Crippen molar-refractivity contribution in [1.82, 2.24) is 24.9 Å². The van der Waals surface area contributed by atoms with E-state index in [0.29, 0.717) is 30.9 Å². The molecule has 35 heavy (non-hydrogen) atoms. The zero-order valence-electron chi connectivity index (χ0n) is 18.2. The molecule has 0 bridgehead atoms. The van der Waals surface area contributed by atoms with Crippen LogP contribution in [0.3, 0.4) is 0 Å². The highest BCUT2D eigenvalue weighted by atomic mass is 35.5. The van der Waals surface area contributed by atoms with E-state index in [9.17, 15) is 18.0 Å². The van der Waals surface area contributed by atoms with Gasteiger partial charge in [-0.3, -0.25) is 9.78 Å². The third-order valence-electron chi connectivity index (χ3n) is 5.51. The number of pyridine rings is 2. The lowest BCUT2D eigenvalue weighted by Gasteiger charge is -2.32. The van der Waals surface area contributed by atoms with Gasteiger partial charge in [0.2, 0.25) is 0 Å². The van der Waals surface area contributed by atoms with Crippen LogP contribution in [0.5, 0.6) is 0 Å². The summed E-state index contributed by atoms with van der Waals surface area (Å²) in [5, 5.41) is 0. The monoisotopic (exact) mass is 510 g/mol. The summed E-state index contributed by atoms with van der Waals surface area (Å²) in [6.45, 7) is 3.33. The molecule has 1 aliphatic rings. The minimum absolute atomic E-state index is 0. The third-order valence-corrected chi connectivity index (χ3v) is 5.51. The van der Waals surface area contributed by atoms with Gasteiger partial charge in [0.05, 0.1) is 35.7 Å². The predicted octanol–water partition coefficient (Wildman–Crippen LogP) is 4.38. The molecular weight excluding hydrogens is 492 g/mol. The second kappa shape index (κ2) is 9.27. The number of H-pyrrole nitrogens is 2. The third kappa shape index (κ3) is 4.58. The Bertz CT molecular complexity index is 1390. The average molecular weight is 511 g/mol. The number of fused-ring (bicyclic) bond motifs is 1. The lowest BCUT2D eigenvalue weighted by Crippen LogP contribution is -2.42. The van der Waals surface area contributed by atoms with E-state index in [1.165, 1.54) is 24.5 Å². The lowest BCUT2D eigenvalue weighted by atomic mass is 10.0. The largest absolute Gasteiger partial charge is 0.434 e. The second-order valence-electron chi connectivity index (χ2n) is 7.90. The van der Waals surface area contributed by atoms with Crippen molar-refractivity contribution in [2.24, 2.45) is 0 Å². The van der Waals surface area contributed by atoms with Crippen molar-refractivity contribution in [3.8, 4) is 11.5 Å². The Labute approximate surface area is 202 Å². The molecule has 5 heterocycles. The van der Waals surface area contributed by atoms with Crippen molar-refractivity contribution in [2.45, 2.75) is 19.2 Å². The molecule has 13 heteroatoms. The Balaban J connectivity index is 0.00000289. The van der Waals surface area contributed by atoms with Crippen LogP contribution in [0.1, 0.15) is 28.5 Å². The highest BCUT2D eigenvalue weighted by Crippen LogP contribution is 2.32. The van der Waals surface area contributed by atoms with Gasteiger partial charge in [-0.25, -0.2) is 14.4 Å². The molecule has 0 saturated carbocycles. The second-order valence-corrected chi connectivity index (χ2v) is 7.90. The summed E-state index contributed by atoms with van der Waals surface area (Å²) >= 11 is 0. The van der Waals surface area contributed by atoms with Crippen LogP contribution in [0.25, 0.3) is 22.6 Å². The van der Waals surface area contributed by atoms with Gasteiger partial charge >= 0.3 is 6.18 Å². The van der Waals surface area contributed by atoms with Gasteiger partial charge in [-0.1, -0.05) is 0 Å². The van der Waals surface area contributed by atoms with Gasteiger partial charge in [0, 0.05) is 31.0 Å². The highest BCUT2D eigenvalue weighted by Gasteiger charge is 2.37. The van der Waals surface area contributed by atoms with Gasteiger partial charge in [-0.15, -0.1) is 12.4 Å². The Morgan fingerprint density at radius 1 is 1.29 bits per heavy atom. The number of morpholine rings is 1. The number of nitrogens with one attached hydrogen (secondary N) is 2. The van der Waals surface area contributed by atoms with Gasteiger partial charge in [-0.2, -0.15) is 13.2 Å². The number of aromatic nitrogens is 5. The first-order valence-corrected chi connectivity index (χ1v) is 10.4. The van der Waals surface area contributed by atoms with Crippen molar-refractivity contribution < 1.29 is 27.1 Å². The first-order valence-electron chi connectivity index (χ1n) is 10.4. The summed E-state index contributed by atoms with van der Waals surface area (Å²) in [5.74, 6) is -1.07. The molecule has 0 aromatic carbocycles. The number of ether oxygens (including phenoxy) is 1. The molecule has 184 valence electrons. The maximum absolute atomic E-state index is 15.2. The van der Waals surface area contributed by atoms with Gasteiger partial charge in [0.15, 0.2) is 28.9 Å². The molecule has 0 aliphatic carbocycles. The number of alkyl halides is 3. The molecule has 4 aromatic rings. The van der Waals surface area contributed by atoms with Crippen molar-refractivity contribution in [3.63, 3.8) is 0 Å². The zero-order chi connectivity index (χ0) is 24.0. The van der Waals surface area contributed by atoms with Crippen molar-refractivity contribution in [1.29, 1.82) is 0 Å². The smallest absolute Gasteiger partial charge is 0.375 e. The minimum Gasteiger partial charge on any atom is -0.375 e. The maximum Gasteiger partial charge on any atom is 0.434 e. The zero-order valence-corrected chi connectivity index (χ0v) is 19.0. The standard InChI is InChI=1S/C22H18F4N6O2.ClH/c1-11-10-32(5-6-34-11)21-16(23)17-15(9-29-21)30-20(31-17)14-7-12(8-28-14)18(33)13-3-2-4-27-19(13)22(24,25)26;/h2-4,7-9,11,28H,5-6,10H2,1H3,(H,30,31);1H/t11-;/m1./s1. The summed E-state index contributed by atoms with van der Waals surface area (Å²) < 4.78 is 60.5. The summed E-state index contributed by atoms with van der Waals surface area (Å²) in [7, 11) is 0. The molecule has 0 unspecified atom stereocenters. The molecule has 1 atom stereocenters. The molecule has 1 aliphatic heterocycles. The number of aromatic amines is 2. The average Bonchev–Trinajstić information content (AvgIpc) is 3.46. The predicted molar refractivity (Wildman–Crippen MR) is 121 cm³/mol. The lowest BCUT2D eigenvalue weighted by molar-refractivity contribution is -0.141. The van der Waals surface area contributed by atoms with Gasteiger partial charge in [0.25, 0.3) is 0 Å². The van der Waals surface area contributed by atoms with E-state index in [2.05, 4.69) is 24.9 Å². The van der Waals surface area contributed by atoms with Crippen LogP contribution >= 0.6 is 12.4 Å². The number of rotatable bonds is 4.